The topological polar surface area (TPSA) is 103 Å². The number of aliphatic hydroxyl groups excluding tert-OH is 1. The number of nitrogens with zero attached hydrogens (tertiary/aromatic N) is 4. The number of hydrogen-bond donors (Lipinski definition) is 3. The van der Waals surface area contributed by atoms with Crippen LogP contribution in [-0.4, -0.2) is 45.2 Å². The molecule has 182 valence electrons. The number of carbonyl (C=O) groups is 1. The van der Waals surface area contributed by atoms with Gasteiger partial charge in [0.1, 0.15) is 18.0 Å². The largest absolute Gasteiger partial charge is 0.393 e. The fraction of sp³-hybridized carbons (Fsp3) is 0.185. The molecule has 0 bridgehead atoms. The third-order valence-corrected chi connectivity index (χ3v) is 6.17. The number of aromatic nitrogens is 3. The minimum Gasteiger partial charge on any atom is -0.393 e. The molecule has 0 spiro atoms. The summed E-state index contributed by atoms with van der Waals surface area (Å²) in [5.41, 5.74) is 3.68. The highest BCUT2D eigenvalue weighted by atomic mass is 19.1. The third-order valence-electron chi connectivity index (χ3n) is 6.17. The van der Waals surface area contributed by atoms with Crippen LogP contribution in [0, 0.1) is 5.82 Å². The molecular formula is C27H25FN6O2. The zero-order chi connectivity index (χ0) is 25.1. The molecule has 3 N–H and O–H groups in total. The Morgan fingerprint density at radius 1 is 1.11 bits per heavy atom. The van der Waals surface area contributed by atoms with Crippen LogP contribution < -0.4 is 15.5 Å². The van der Waals surface area contributed by atoms with Gasteiger partial charge >= 0.3 is 0 Å². The highest BCUT2D eigenvalue weighted by Gasteiger charge is 2.21. The fourth-order valence-electron chi connectivity index (χ4n) is 4.31. The van der Waals surface area contributed by atoms with Crippen LogP contribution in [0.15, 0.2) is 73.7 Å². The number of carbonyl (C=O) groups excluding carboxylic acids is 1. The lowest BCUT2D eigenvalue weighted by molar-refractivity contribution is -0.111. The van der Waals surface area contributed by atoms with Gasteiger partial charge in [0.25, 0.3) is 0 Å². The van der Waals surface area contributed by atoms with Crippen molar-refractivity contribution >= 4 is 39.7 Å². The van der Waals surface area contributed by atoms with Gasteiger partial charge in [-0.15, -0.1) is 0 Å². The minimum atomic E-state index is -0.352. The molecule has 2 aromatic heterocycles. The van der Waals surface area contributed by atoms with Crippen molar-refractivity contribution in [1.82, 2.24) is 15.0 Å². The molecule has 4 aromatic rings. The lowest BCUT2D eigenvalue weighted by atomic mass is 10.1. The fourth-order valence-corrected chi connectivity index (χ4v) is 4.31. The summed E-state index contributed by atoms with van der Waals surface area (Å²) >= 11 is 0. The first kappa shape index (κ1) is 23.4. The number of amides is 1. The van der Waals surface area contributed by atoms with Crippen LogP contribution in [0.3, 0.4) is 0 Å². The van der Waals surface area contributed by atoms with E-state index < -0.39 is 0 Å². The predicted molar refractivity (Wildman–Crippen MR) is 139 cm³/mol. The van der Waals surface area contributed by atoms with Crippen LogP contribution >= 0.6 is 0 Å². The first-order valence-corrected chi connectivity index (χ1v) is 11.6. The Kier molecular flexibility index (Phi) is 6.55. The second-order valence-electron chi connectivity index (χ2n) is 8.55. The van der Waals surface area contributed by atoms with E-state index in [1.54, 1.807) is 36.5 Å². The van der Waals surface area contributed by atoms with Gasteiger partial charge < -0.3 is 20.6 Å². The molecule has 0 radical (unpaired) electrons. The molecule has 2 aromatic carbocycles. The second kappa shape index (κ2) is 10.1. The Bertz CT molecular complexity index is 1440. The van der Waals surface area contributed by atoms with Crippen molar-refractivity contribution in [1.29, 1.82) is 0 Å². The number of piperidine rings is 1. The second-order valence-corrected chi connectivity index (χ2v) is 8.55. The molecule has 1 amide bonds. The number of pyridine rings is 1. The van der Waals surface area contributed by atoms with E-state index in [9.17, 15) is 14.3 Å². The van der Waals surface area contributed by atoms with Crippen molar-refractivity contribution in [2.45, 2.75) is 18.9 Å². The number of rotatable bonds is 6. The summed E-state index contributed by atoms with van der Waals surface area (Å²) in [7, 11) is 0. The maximum Gasteiger partial charge on any atom is 0.247 e. The Hall–Kier alpha value is -4.37. The average molecular weight is 485 g/mol. The molecule has 0 aliphatic carbocycles. The van der Waals surface area contributed by atoms with E-state index in [1.807, 2.05) is 12.1 Å². The molecule has 8 nitrogen and oxygen atoms in total. The third kappa shape index (κ3) is 4.87. The quantitative estimate of drug-likeness (QED) is 0.342. The summed E-state index contributed by atoms with van der Waals surface area (Å²) in [6.07, 6.45) is 5.27. The zero-order valence-electron chi connectivity index (χ0n) is 19.5. The number of fused-ring (bicyclic) bond motifs is 1. The summed E-state index contributed by atoms with van der Waals surface area (Å²) in [5.74, 6) is -0.155. The highest BCUT2D eigenvalue weighted by Crippen LogP contribution is 2.35. The summed E-state index contributed by atoms with van der Waals surface area (Å²) in [6, 6.07) is 13.7. The van der Waals surface area contributed by atoms with Gasteiger partial charge in [-0.2, -0.15) is 0 Å². The molecule has 0 atom stereocenters. The number of nitrogens with one attached hydrogen (secondary N) is 2. The average Bonchev–Trinajstić information content (AvgIpc) is 2.89. The van der Waals surface area contributed by atoms with Gasteiger partial charge in [-0.05, 0) is 55.3 Å². The van der Waals surface area contributed by atoms with E-state index in [-0.39, 0.29) is 17.8 Å². The summed E-state index contributed by atoms with van der Waals surface area (Å²) in [6.45, 7) is 4.88. The summed E-state index contributed by atoms with van der Waals surface area (Å²) < 4.78 is 14.3. The summed E-state index contributed by atoms with van der Waals surface area (Å²) in [5, 5.41) is 16.8. The first-order valence-electron chi connectivity index (χ1n) is 11.6. The lowest BCUT2D eigenvalue weighted by Gasteiger charge is -2.33. The number of halogens is 1. The van der Waals surface area contributed by atoms with Crippen LogP contribution in [0.25, 0.3) is 22.2 Å². The standard InChI is InChI=1S/C27H25FN6O2/c1-2-26(36)33-24-14-20-23(15-25(24)34-11-8-18(35)9-12-34)30-16-31-27(20)32-17-7-10-29-22(13-17)19-5-3-4-6-21(19)28/h2-7,10,13-16,18,35H,1,8-9,11-12H2,(H,33,36)(H,29,30,31,32). The Balaban J connectivity index is 1.53. The van der Waals surface area contributed by atoms with Crippen LogP contribution in [0.1, 0.15) is 12.8 Å². The molecule has 3 heterocycles. The Morgan fingerprint density at radius 2 is 1.92 bits per heavy atom. The van der Waals surface area contributed by atoms with Gasteiger partial charge in [-0.3, -0.25) is 9.78 Å². The van der Waals surface area contributed by atoms with Crippen molar-refractivity contribution in [2.24, 2.45) is 0 Å². The maximum atomic E-state index is 14.3. The zero-order valence-corrected chi connectivity index (χ0v) is 19.5. The molecule has 1 aliphatic heterocycles. The van der Waals surface area contributed by atoms with Crippen LogP contribution in [0.5, 0.6) is 0 Å². The van der Waals surface area contributed by atoms with Crippen LogP contribution in [0.4, 0.5) is 27.3 Å². The van der Waals surface area contributed by atoms with Gasteiger partial charge in [0.2, 0.25) is 5.91 Å². The molecule has 0 unspecified atom stereocenters. The molecule has 1 fully saturated rings. The number of anilines is 4. The SMILES string of the molecule is C=CC(=O)Nc1cc2c(Nc3ccnc(-c4ccccc4F)c3)ncnc2cc1N1CCC(O)CC1. The van der Waals surface area contributed by atoms with Crippen molar-refractivity contribution in [3.8, 4) is 11.3 Å². The minimum absolute atomic E-state index is 0.319. The van der Waals surface area contributed by atoms with Gasteiger partial charge in [0.15, 0.2) is 0 Å². The van der Waals surface area contributed by atoms with Gasteiger partial charge in [-0.25, -0.2) is 14.4 Å². The van der Waals surface area contributed by atoms with E-state index >= 15 is 0 Å². The molecule has 36 heavy (non-hydrogen) atoms. The van der Waals surface area contributed by atoms with Crippen molar-refractivity contribution in [3.05, 3.63) is 79.5 Å². The van der Waals surface area contributed by atoms with E-state index in [1.165, 1.54) is 18.5 Å². The number of aliphatic hydroxyl groups is 1. The van der Waals surface area contributed by atoms with Gasteiger partial charge in [-0.1, -0.05) is 18.7 Å². The molecule has 5 rings (SSSR count). The maximum absolute atomic E-state index is 14.3. The van der Waals surface area contributed by atoms with Gasteiger partial charge in [0.05, 0.1) is 28.7 Å². The van der Waals surface area contributed by atoms with Crippen LogP contribution in [-0.2, 0) is 4.79 Å². The van der Waals surface area contributed by atoms with Crippen molar-refractivity contribution < 1.29 is 14.3 Å². The monoisotopic (exact) mass is 484 g/mol. The molecule has 0 saturated carbocycles. The molecule has 1 aliphatic rings. The normalized spacial score (nSPS) is 14.0. The van der Waals surface area contributed by atoms with Crippen LogP contribution in [0.2, 0.25) is 0 Å². The van der Waals surface area contributed by atoms with E-state index in [4.69, 9.17) is 0 Å². The van der Waals surface area contributed by atoms with E-state index in [0.717, 1.165) is 5.69 Å². The molecule has 9 heteroatoms. The summed E-state index contributed by atoms with van der Waals surface area (Å²) in [4.78, 5) is 27.5. The smallest absolute Gasteiger partial charge is 0.247 e. The Labute approximate surface area is 207 Å². The molecule has 1 saturated heterocycles. The lowest BCUT2D eigenvalue weighted by Crippen LogP contribution is -2.36. The van der Waals surface area contributed by atoms with E-state index in [2.05, 4.69) is 37.1 Å². The first-order chi connectivity index (χ1) is 17.5. The van der Waals surface area contributed by atoms with Crippen molar-refractivity contribution in [2.75, 3.05) is 28.6 Å². The number of benzene rings is 2. The van der Waals surface area contributed by atoms with Gasteiger partial charge in [0, 0.05) is 35.9 Å². The number of hydrogen-bond acceptors (Lipinski definition) is 7. The molecular weight excluding hydrogens is 459 g/mol. The van der Waals surface area contributed by atoms with E-state index in [0.29, 0.717) is 65.3 Å². The predicted octanol–water partition coefficient (Wildman–Crippen LogP) is 4.66. The highest BCUT2D eigenvalue weighted by molar-refractivity contribution is 6.05. The van der Waals surface area contributed by atoms with Crippen molar-refractivity contribution in [3.63, 3.8) is 0 Å². The Morgan fingerprint density at radius 3 is 2.69 bits per heavy atom.